The van der Waals surface area contributed by atoms with Crippen molar-refractivity contribution in [1.29, 1.82) is 0 Å². The zero-order chi connectivity index (χ0) is 13.6. The standard InChI is InChI=1S/C10H13BrN2O4S/c1-6-4-5-10(3,16-6)18(14,15)13-9-8(11)7(2)12-17-9/h4,13H,5H2,1-3H3. The Morgan fingerprint density at radius 1 is 1.50 bits per heavy atom. The van der Waals surface area contributed by atoms with E-state index in [2.05, 4.69) is 25.8 Å². The first-order valence-electron chi connectivity index (χ1n) is 5.25. The SMILES string of the molecule is CC1=CCC(C)(S(=O)(=O)Nc2onc(C)c2Br)O1. The highest BCUT2D eigenvalue weighted by Gasteiger charge is 2.44. The molecule has 100 valence electrons. The molecule has 0 fully saturated rings. The van der Waals surface area contributed by atoms with E-state index in [9.17, 15) is 8.42 Å². The van der Waals surface area contributed by atoms with Gasteiger partial charge < -0.3 is 9.26 Å². The molecule has 0 spiro atoms. The van der Waals surface area contributed by atoms with Crippen LogP contribution in [0.4, 0.5) is 5.88 Å². The van der Waals surface area contributed by atoms with Crippen LogP contribution in [0, 0.1) is 6.92 Å². The van der Waals surface area contributed by atoms with Crippen molar-refractivity contribution in [1.82, 2.24) is 5.16 Å². The van der Waals surface area contributed by atoms with Gasteiger partial charge >= 0.3 is 0 Å². The molecule has 1 aliphatic heterocycles. The number of hydrogen-bond acceptors (Lipinski definition) is 5. The molecule has 0 aromatic carbocycles. The summed E-state index contributed by atoms with van der Waals surface area (Å²) in [6, 6.07) is 0. The Bertz CT molecular complexity index is 607. The molecule has 0 radical (unpaired) electrons. The molecule has 0 amide bonds. The number of sulfonamides is 1. The van der Waals surface area contributed by atoms with Gasteiger partial charge in [-0.25, -0.2) is 13.1 Å². The maximum absolute atomic E-state index is 12.3. The van der Waals surface area contributed by atoms with E-state index >= 15 is 0 Å². The number of nitrogens with zero attached hydrogens (tertiary/aromatic N) is 1. The van der Waals surface area contributed by atoms with Gasteiger partial charge in [0.2, 0.25) is 4.93 Å². The maximum atomic E-state index is 12.3. The Labute approximate surface area is 114 Å². The predicted octanol–water partition coefficient (Wildman–Crippen LogP) is 2.53. The van der Waals surface area contributed by atoms with Crippen LogP contribution in [-0.4, -0.2) is 18.5 Å². The molecule has 1 N–H and O–H groups in total. The van der Waals surface area contributed by atoms with Gasteiger partial charge in [0, 0.05) is 6.42 Å². The number of aryl methyl sites for hydroxylation is 1. The number of aromatic nitrogens is 1. The minimum Gasteiger partial charge on any atom is -0.474 e. The number of hydrogen-bond donors (Lipinski definition) is 1. The number of anilines is 1. The molecular formula is C10H13BrN2O4S. The van der Waals surface area contributed by atoms with Crippen molar-refractivity contribution in [2.24, 2.45) is 0 Å². The summed E-state index contributed by atoms with van der Waals surface area (Å²) < 4.78 is 37.6. The summed E-state index contributed by atoms with van der Waals surface area (Å²) in [6.07, 6.45) is 2.03. The molecule has 1 aromatic heterocycles. The zero-order valence-corrected chi connectivity index (χ0v) is 12.6. The topological polar surface area (TPSA) is 81.4 Å². The monoisotopic (exact) mass is 336 g/mol. The van der Waals surface area contributed by atoms with Gasteiger partial charge in [-0.1, -0.05) is 5.16 Å². The van der Waals surface area contributed by atoms with E-state index in [1.165, 1.54) is 6.92 Å². The molecule has 1 aromatic rings. The lowest BCUT2D eigenvalue weighted by Gasteiger charge is -2.24. The van der Waals surface area contributed by atoms with Crippen molar-refractivity contribution in [2.75, 3.05) is 4.72 Å². The van der Waals surface area contributed by atoms with Crippen molar-refractivity contribution in [3.8, 4) is 0 Å². The van der Waals surface area contributed by atoms with Crippen LogP contribution in [0.5, 0.6) is 0 Å². The number of nitrogens with one attached hydrogen (secondary N) is 1. The highest BCUT2D eigenvalue weighted by molar-refractivity contribution is 9.10. The van der Waals surface area contributed by atoms with E-state index in [4.69, 9.17) is 9.26 Å². The number of rotatable bonds is 3. The van der Waals surface area contributed by atoms with Gasteiger partial charge in [0.05, 0.1) is 11.5 Å². The van der Waals surface area contributed by atoms with Gasteiger partial charge in [-0.3, -0.25) is 0 Å². The van der Waals surface area contributed by atoms with Crippen LogP contribution in [0.2, 0.25) is 0 Å². The Balaban J connectivity index is 2.26. The van der Waals surface area contributed by atoms with Crippen molar-refractivity contribution < 1.29 is 17.7 Å². The Morgan fingerprint density at radius 3 is 2.61 bits per heavy atom. The lowest BCUT2D eigenvalue weighted by atomic mass is 10.3. The first-order valence-corrected chi connectivity index (χ1v) is 7.53. The average Bonchev–Trinajstić information content (AvgIpc) is 2.77. The van der Waals surface area contributed by atoms with Crippen LogP contribution >= 0.6 is 15.9 Å². The number of ether oxygens (including phenoxy) is 1. The first kappa shape index (κ1) is 13.4. The Hall–Kier alpha value is -1.02. The van der Waals surface area contributed by atoms with Gasteiger partial charge in [-0.2, -0.15) is 0 Å². The van der Waals surface area contributed by atoms with Crippen LogP contribution in [0.25, 0.3) is 0 Å². The lowest BCUT2D eigenvalue weighted by Crippen LogP contribution is -2.39. The van der Waals surface area contributed by atoms with Crippen LogP contribution < -0.4 is 4.72 Å². The van der Waals surface area contributed by atoms with Crippen LogP contribution in [0.1, 0.15) is 26.0 Å². The quantitative estimate of drug-likeness (QED) is 0.917. The van der Waals surface area contributed by atoms with E-state index < -0.39 is 15.0 Å². The third-order valence-electron chi connectivity index (χ3n) is 2.72. The summed E-state index contributed by atoms with van der Waals surface area (Å²) in [5.41, 5.74) is 0.569. The fraction of sp³-hybridized carbons (Fsp3) is 0.500. The normalized spacial score (nSPS) is 23.7. The lowest BCUT2D eigenvalue weighted by molar-refractivity contribution is 0.119. The average molecular weight is 337 g/mol. The molecule has 1 unspecified atom stereocenters. The van der Waals surface area contributed by atoms with Crippen molar-refractivity contribution in [2.45, 2.75) is 32.1 Å². The number of halogens is 1. The summed E-state index contributed by atoms with van der Waals surface area (Å²) in [5.74, 6) is 0.651. The van der Waals surface area contributed by atoms with Crippen LogP contribution in [0.3, 0.4) is 0 Å². The van der Waals surface area contributed by atoms with Gasteiger partial charge in [0.15, 0.2) is 0 Å². The highest BCUT2D eigenvalue weighted by Crippen LogP contribution is 2.35. The molecule has 0 saturated heterocycles. The van der Waals surface area contributed by atoms with Crippen LogP contribution in [-0.2, 0) is 14.8 Å². The molecular weight excluding hydrogens is 324 g/mol. The molecule has 2 heterocycles. The molecule has 1 aliphatic rings. The van der Waals surface area contributed by atoms with Crippen molar-refractivity contribution in [3.05, 3.63) is 22.0 Å². The molecule has 0 aliphatic carbocycles. The van der Waals surface area contributed by atoms with Crippen molar-refractivity contribution in [3.63, 3.8) is 0 Å². The third-order valence-corrected chi connectivity index (χ3v) is 5.50. The second kappa shape index (κ2) is 4.27. The predicted molar refractivity (Wildman–Crippen MR) is 69.3 cm³/mol. The highest BCUT2D eigenvalue weighted by atomic mass is 79.9. The van der Waals surface area contributed by atoms with Crippen molar-refractivity contribution >= 4 is 31.8 Å². The molecule has 2 rings (SSSR count). The smallest absolute Gasteiger partial charge is 0.276 e. The fourth-order valence-corrected chi connectivity index (χ4v) is 3.09. The molecule has 18 heavy (non-hydrogen) atoms. The molecule has 0 bridgehead atoms. The molecule has 0 saturated carbocycles. The summed E-state index contributed by atoms with van der Waals surface area (Å²) in [7, 11) is -3.74. The van der Waals surface area contributed by atoms with E-state index in [1.807, 2.05) is 0 Å². The van der Waals surface area contributed by atoms with E-state index in [0.717, 1.165) is 0 Å². The minimum atomic E-state index is -3.74. The Kier molecular flexibility index (Phi) is 3.18. The summed E-state index contributed by atoms with van der Waals surface area (Å²) in [4.78, 5) is -1.32. The second-order valence-corrected chi connectivity index (χ2v) is 7.14. The largest absolute Gasteiger partial charge is 0.474 e. The summed E-state index contributed by atoms with van der Waals surface area (Å²) >= 11 is 3.20. The van der Waals surface area contributed by atoms with Gasteiger partial charge in [0.25, 0.3) is 15.9 Å². The Morgan fingerprint density at radius 2 is 2.17 bits per heavy atom. The molecule has 8 heteroatoms. The van der Waals surface area contributed by atoms with Gasteiger partial charge in [-0.05, 0) is 42.8 Å². The van der Waals surface area contributed by atoms with Crippen LogP contribution in [0.15, 0.2) is 20.8 Å². The van der Waals surface area contributed by atoms with E-state index in [1.54, 1.807) is 19.9 Å². The second-order valence-electron chi connectivity index (χ2n) is 4.27. The molecule has 6 nitrogen and oxygen atoms in total. The fourth-order valence-electron chi connectivity index (χ4n) is 1.57. The van der Waals surface area contributed by atoms with E-state index in [0.29, 0.717) is 22.3 Å². The zero-order valence-electron chi connectivity index (χ0n) is 10.2. The minimum absolute atomic E-state index is 0.0573. The third kappa shape index (κ3) is 2.14. The maximum Gasteiger partial charge on any atom is 0.276 e. The first-order chi connectivity index (χ1) is 8.25. The van der Waals surface area contributed by atoms with Gasteiger partial charge in [-0.15, -0.1) is 0 Å². The summed E-state index contributed by atoms with van der Waals surface area (Å²) in [6.45, 7) is 4.93. The van der Waals surface area contributed by atoms with Gasteiger partial charge in [0.1, 0.15) is 4.47 Å². The summed E-state index contributed by atoms with van der Waals surface area (Å²) in [5, 5.41) is 3.66. The number of allylic oxidation sites excluding steroid dienone is 1. The van der Waals surface area contributed by atoms with E-state index in [-0.39, 0.29) is 5.88 Å². The molecule has 1 atom stereocenters.